The lowest BCUT2D eigenvalue weighted by Crippen LogP contribution is -2.04. The highest BCUT2D eigenvalue weighted by Crippen LogP contribution is 2.42. The van der Waals surface area contributed by atoms with Crippen molar-refractivity contribution in [2.24, 2.45) is 9.98 Å². The van der Waals surface area contributed by atoms with E-state index in [2.05, 4.69) is 102 Å². The lowest BCUT2D eigenvalue weighted by atomic mass is 9.97. The minimum absolute atomic E-state index is 0.125. The Morgan fingerprint density at radius 1 is 0.544 bits per heavy atom. The van der Waals surface area contributed by atoms with Gasteiger partial charge in [-0.2, -0.15) is 0 Å². The average Bonchev–Trinajstić information content (AvgIpc) is 3.94. The van der Waals surface area contributed by atoms with Gasteiger partial charge in [-0.3, -0.25) is 5.41 Å². The summed E-state index contributed by atoms with van der Waals surface area (Å²) in [6.45, 7) is 0. The van der Waals surface area contributed by atoms with Crippen molar-refractivity contribution in [1.29, 1.82) is 5.41 Å². The number of benzene rings is 8. The van der Waals surface area contributed by atoms with Crippen LogP contribution in [0.25, 0.3) is 80.7 Å². The average molecular weight is 749 g/mol. The first-order chi connectivity index (χ1) is 28.2. The number of hydrogen-bond acceptors (Lipinski definition) is 3. The molecule has 0 aliphatic heterocycles. The Kier molecular flexibility index (Phi) is 7.76. The van der Waals surface area contributed by atoms with Gasteiger partial charge in [-0.1, -0.05) is 121 Å². The number of fused-ring (bicyclic) bond motifs is 9. The molecule has 11 aromatic rings. The number of thiophene rings is 1. The minimum atomic E-state index is 0.125. The molecule has 3 aromatic heterocycles. The Bertz CT molecular complexity index is 3370. The predicted molar refractivity (Wildman–Crippen MR) is 240 cm³/mol. The number of aliphatic imine (C=N–C) groups is 2. The van der Waals surface area contributed by atoms with Crippen LogP contribution in [0.4, 0.5) is 0 Å². The van der Waals surface area contributed by atoms with Crippen molar-refractivity contribution in [2.75, 3.05) is 0 Å². The van der Waals surface area contributed by atoms with Gasteiger partial charge in [-0.15, -0.1) is 11.3 Å². The van der Waals surface area contributed by atoms with E-state index in [4.69, 9.17) is 19.8 Å². The van der Waals surface area contributed by atoms with Gasteiger partial charge < -0.3 is 8.98 Å². The van der Waals surface area contributed by atoms with Gasteiger partial charge in [-0.05, 0) is 77.4 Å². The van der Waals surface area contributed by atoms with Gasteiger partial charge in [0.25, 0.3) is 0 Å². The SMILES string of the molecule is N=C(/N=C(\N=C\c1ccccc1)c1ccccc1)c1ccc2oc3cccc(-c4ccc5c(c4)sc4ccc(-n6c7ccccc7c7ccccc76)cc45)c3c2c1. The van der Waals surface area contributed by atoms with Gasteiger partial charge >= 0.3 is 0 Å². The Labute approximate surface area is 331 Å². The van der Waals surface area contributed by atoms with Crippen LogP contribution in [-0.4, -0.2) is 22.5 Å². The molecule has 0 aliphatic rings. The van der Waals surface area contributed by atoms with Crippen molar-refractivity contribution in [3.05, 3.63) is 199 Å². The highest BCUT2D eigenvalue weighted by molar-refractivity contribution is 7.25. The second kappa shape index (κ2) is 13.4. The summed E-state index contributed by atoms with van der Waals surface area (Å²) in [6.07, 6.45) is 1.79. The van der Waals surface area contributed by atoms with E-state index in [0.29, 0.717) is 11.4 Å². The molecule has 8 aromatic carbocycles. The zero-order valence-electron chi connectivity index (χ0n) is 30.6. The predicted octanol–water partition coefficient (Wildman–Crippen LogP) is 13.6. The van der Waals surface area contributed by atoms with Crippen LogP contribution in [0.1, 0.15) is 16.7 Å². The molecule has 268 valence electrons. The molecule has 0 radical (unpaired) electrons. The summed E-state index contributed by atoms with van der Waals surface area (Å²) in [7, 11) is 0. The van der Waals surface area contributed by atoms with Crippen LogP contribution in [0, 0.1) is 5.41 Å². The molecule has 57 heavy (non-hydrogen) atoms. The number of hydrogen-bond donors (Lipinski definition) is 1. The van der Waals surface area contributed by atoms with E-state index in [-0.39, 0.29) is 5.84 Å². The maximum absolute atomic E-state index is 9.14. The smallest absolute Gasteiger partial charge is 0.161 e. The Balaban J connectivity index is 0.993. The normalized spacial score (nSPS) is 12.3. The van der Waals surface area contributed by atoms with Crippen LogP contribution >= 0.6 is 11.3 Å². The molecule has 0 saturated heterocycles. The molecule has 1 N–H and O–H groups in total. The fourth-order valence-electron chi connectivity index (χ4n) is 8.09. The Morgan fingerprint density at radius 3 is 2.07 bits per heavy atom. The summed E-state index contributed by atoms with van der Waals surface area (Å²) >= 11 is 1.82. The van der Waals surface area contributed by atoms with E-state index in [1.54, 1.807) is 6.21 Å². The molecule has 0 unspecified atom stereocenters. The third kappa shape index (κ3) is 5.65. The van der Waals surface area contributed by atoms with Crippen LogP contribution in [0.3, 0.4) is 0 Å². The number of amidine groups is 2. The van der Waals surface area contributed by atoms with Crippen molar-refractivity contribution in [1.82, 2.24) is 4.57 Å². The van der Waals surface area contributed by atoms with Crippen molar-refractivity contribution >= 4 is 93.1 Å². The van der Waals surface area contributed by atoms with Gasteiger partial charge in [0, 0.05) is 64.7 Å². The van der Waals surface area contributed by atoms with Crippen molar-refractivity contribution in [2.45, 2.75) is 0 Å². The first-order valence-electron chi connectivity index (χ1n) is 18.9. The zero-order chi connectivity index (χ0) is 37.9. The molecule has 0 bridgehead atoms. The number of furan rings is 1. The van der Waals surface area contributed by atoms with E-state index < -0.39 is 0 Å². The molecule has 0 saturated carbocycles. The second-order valence-electron chi connectivity index (χ2n) is 14.2. The first kappa shape index (κ1) is 33.0. The van der Waals surface area contributed by atoms with E-state index in [9.17, 15) is 0 Å². The minimum Gasteiger partial charge on any atom is -0.456 e. The van der Waals surface area contributed by atoms with E-state index >= 15 is 0 Å². The lowest BCUT2D eigenvalue weighted by Gasteiger charge is -2.08. The molecule has 0 fully saturated rings. The molecule has 0 aliphatic carbocycles. The lowest BCUT2D eigenvalue weighted by molar-refractivity contribution is 0.669. The summed E-state index contributed by atoms with van der Waals surface area (Å²) < 4.78 is 11.3. The van der Waals surface area contributed by atoms with Crippen LogP contribution in [0.2, 0.25) is 0 Å². The molecule has 0 spiro atoms. The molecule has 3 heterocycles. The summed E-state index contributed by atoms with van der Waals surface area (Å²) in [6, 6.07) is 62.8. The number of nitrogens with zero attached hydrogens (tertiary/aromatic N) is 3. The number of aromatic nitrogens is 1. The molecular formula is C51H32N4OS. The first-order valence-corrected chi connectivity index (χ1v) is 19.7. The molecular weight excluding hydrogens is 717 g/mol. The van der Waals surface area contributed by atoms with E-state index in [1.807, 2.05) is 96.3 Å². The van der Waals surface area contributed by atoms with Gasteiger partial charge in [0.05, 0.1) is 11.0 Å². The molecule has 0 atom stereocenters. The Morgan fingerprint density at radius 2 is 1.28 bits per heavy atom. The van der Waals surface area contributed by atoms with Crippen molar-refractivity contribution < 1.29 is 4.42 Å². The largest absolute Gasteiger partial charge is 0.456 e. The fraction of sp³-hybridized carbons (Fsp3) is 0. The number of nitrogens with one attached hydrogen (secondary N) is 1. The number of para-hydroxylation sites is 2. The van der Waals surface area contributed by atoms with Gasteiger partial charge in [0.15, 0.2) is 11.7 Å². The molecule has 6 heteroatoms. The number of rotatable bonds is 5. The topological polar surface area (TPSA) is 66.6 Å². The van der Waals surface area contributed by atoms with Crippen molar-refractivity contribution in [3.8, 4) is 16.8 Å². The molecule has 11 rings (SSSR count). The van der Waals surface area contributed by atoms with Crippen LogP contribution in [0.15, 0.2) is 196 Å². The third-order valence-electron chi connectivity index (χ3n) is 10.8. The maximum Gasteiger partial charge on any atom is 0.161 e. The monoisotopic (exact) mass is 748 g/mol. The maximum atomic E-state index is 9.14. The summed E-state index contributed by atoms with van der Waals surface area (Å²) in [4.78, 5) is 9.50. The van der Waals surface area contributed by atoms with Crippen LogP contribution in [0.5, 0.6) is 0 Å². The fourth-order valence-corrected chi connectivity index (χ4v) is 9.21. The van der Waals surface area contributed by atoms with Gasteiger partial charge in [0.1, 0.15) is 11.2 Å². The standard InChI is InChI=1S/C51H32N4OS/c52-50(54-51(33-14-5-2-6-15-33)53-31-32-12-3-1-4-13-32)35-23-26-45-42(28-35)49-37(18-11-21-46(49)56-45)34-22-25-40-41-30-36(24-27-47(41)57-48(40)29-34)55-43-19-9-7-16-38(43)39-17-8-10-20-44(39)55/h1-31,52H/b52-50?,53-31+,54-51-. The van der Waals surface area contributed by atoms with E-state index in [0.717, 1.165) is 49.9 Å². The summed E-state index contributed by atoms with van der Waals surface area (Å²) in [5.74, 6) is 0.598. The molecule has 0 amide bonds. The van der Waals surface area contributed by atoms with Crippen molar-refractivity contribution in [3.63, 3.8) is 0 Å². The Hall–Kier alpha value is -7.41. The summed E-state index contributed by atoms with van der Waals surface area (Å²) in [5.41, 5.74) is 9.83. The van der Waals surface area contributed by atoms with Gasteiger partial charge in [-0.25, -0.2) is 9.98 Å². The van der Waals surface area contributed by atoms with Crippen LogP contribution < -0.4 is 0 Å². The van der Waals surface area contributed by atoms with Crippen LogP contribution in [-0.2, 0) is 0 Å². The second-order valence-corrected chi connectivity index (χ2v) is 15.3. The molecule has 5 nitrogen and oxygen atoms in total. The highest BCUT2D eigenvalue weighted by Gasteiger charge is 2.17. The zero-order valence-corrected chi connectivity index (χ0v) is 31.4. The van der Waals surface area contributed by atoms with E-state index in [1.165, 1.54) is 42.0 Å². The quantitative estimate of drug-likeness (QED) is 0.138. The third-order valence-corrected chi connectivity index (χ3v) is 11.9. The highest BCUT2D eigenvalue weighted by atomic mass is 32.1. The summed E-state index contributed by atoms with van der Waals surface area (Å²) in [5, 5.41) is 16.1. The van der Waals surface area contributed by atoms with Gasteiger partial charge in [0.2, 0.25) is 0 Å².